The van der Waals surface area contributed by atoms with Gasteiger partial charge < -0.3 is 10.6 Å². The minimum Gasteiger partial charge on any atom is -0.319 e. The Hall–Kier alpha value is -0.410. The summed E-state index contributed by atoms with van der Waals surface area (Å²) in [7, 11) is 3.62. The molecule has 0 aliphatic carbocycles. The van der Waals surface area contributed by atoms with Crippen LogP contribution in [0.2, 0.25) is 0 Å². The number of nitrogens with one attached hydrogen (secondary N) is 2. The summed E-state index contributed by atoms with van der Waals surface area (Å²) in [4.78, 5) is 10.7. The van der Waals surface area contributed by atoms with Gasteiger partial charge in [0, 0.05) is 13.0 Å². The Morgan fingerprint density at radius 3 is 2.44 bits per heavy atom. The molecule has 0 aromatic carbocycles. The fraction of sp³-hybridized carbons (Fsp3) is 0.833. The molecule has 0 rings (SSSR count). The van der Waals surface area contributed by atoms with E-state index in [0.717, 1.165) is 6.54 Å². The monoisotopic (exact) mass is 130 g/mol. The van der Waals surface area contributed by atoms with Gasteiger partial charge in [-0.2, -0.15) is 0 Å². The molecule has 0 aromatic rings. The van der Waals surface area contributed by atoms with Gasteiger partial charge >= 0.3 is 0 Å². The first-order valence-corrected chi connectivity index (χ1v) is 3.12. The van der Waals surface area contributed by atoms with Crippen LogP contribution in [0, 0.1) is 0 Å². The molecule has 0 spiro atoms. The summed E-state index contributed by atoms with van der Waals surface area (Å²) in [6.45, 7) is 1.27. The molecule has 54 valence electrons. The van der Waals surface area contributed by atoms with Crippen molar-refractivity contribution in [2.45, 2.75) is 6.42 Å². The Morgan fingerprint density at radius 2 is 2.00 bits per heavy atom. The van der Waals surface area contributed by atoms with Gasteiger partial charge in [0.15, 0.2) is 0 Å². The summed E-state index contributed by atoms with van der Waals surface area (Å²) >= 11 is 0. The van der Waals surface area contributed by atoms with Crippen LogP contribution in [0.15, 0.2) is 0 Å². The zero-order valence-electron chi connectivity index (χ0n) is 6.03. The van der Waals surface area contributed by atoms with Gasteiger partial charge in [0.05, 0.1) is 6.54 Å². The van der Waals surface area contributed by atoms with Gasteiger partial charge in [-0.05, 0) is 14.1 Å². The molecule has 0 bridgehead atoms. The summed E-state index contributed by atoms with van der Waals surface area (Å²) in [6, 6.07) is 0. The number of ketones is 1. The summed E-state index contributed by atoms with van der Waals surface area (Å²) in [5.74, 6) is 0.256. The molecule has 0 atom stereocenters. The molecular weight excluding hydrogens is 116 g/mol. The normalized spacial score (nSPS) is 9.56. The first-order valence-electron chi connectivity index (χ1n) is 3.12. The fourth-order valence-electron chi connectivity index (χ4n) is 0.550. The van der Waals surface area contributed by atoms with E-state index in [0.29, 0.717) is 13.0 Å². The molecule has 0 aromatic heterocycles. The number of hydrogen-bond donors (Lipinski definition) is 2. The van der Waals surface area contributed by atoms with Crippen LogP contribution in [0.3, 0.4) is 0 Å². The standard InChI is InChI=1S/C6H14N2O/c1-7-4-3-6(9)5-8-2/h7-8H,3-5H2,1-2H3. The molecule has 0 amide bonds. The van der Waals surface area contributed by atoms with Crippen molar-refractivity contribution in [3.63, 3.8) is 0 Å². The highest BCUT2D eigenvalue weighted by Gasteiger charge is 1.96. The van der Waals surface area contributed by atoms with Crippen molar-refractivity contribution in [3.05, 3.63) is 0 Å². The summed E-state index contributed by atoms with van der Waals surface area (Å²) in [5.41, 5.74) is 0. The number of hydrogen-bond acceptors (Lipinski definition) is 3. The second-order valence-corrected chi connectivity index (χ2v) is 1.92. The summed E-state index contributed by atoms with van der Waals surface area (Å²) in [6.07, 6.45) is 0.622. The average Bonchev–Trinajstić information content (AvgIpc) is 1.85. The van der Waals surface area contributed by atoms with Gasteiger partial charge in [0.25, 0.3) is 0 Å². The first-order chi connectivity index (χ1) is 4.31. The third-order valence-corrected chi connectivity index (χ3v) is 1.03. The molecule has 0 aliphatic rings. The third-order valence-electron chi connectivity index (χ3n) is 1.03. The Kier molecular flexibility index (Phi) is 5.46. The van der Waals surface area contributed by atoms with Crippen LogP contribution in [0.5, 0.6) is 0 Å². The minimum absolute atomic E-state index is 0.256. The van der Waals surface area contributed by atoms with Crippen LogP contribution in [-0.2, 0) is 4.79 Å². The SMILES string of the molecule is CNCCC(=O)CNC. The quantitative estimate of drug-likeness (QED) is 0.521. The zero-order valence-corrected chi connectivity index (χ0v) is 6.03. The Labute approximate surface area is 55.8 Å². The predicted molar refractivity (Wildman–Crippen MR) is 37.5 cm³/mol. The van der Waals surface area contributed by atoms with Crippen molar-refractivity contribution < 1.29 is 4.79 Å². The Bertz CT molecular complexity index is 83.1. The van der Waals surface area contributed by atoms with Gasteiger partial charge in [-0.1, -0.05) is 0 Å². The molecular formula is C6H14N2O. The van der Waals surface area contributed by atoms with Crippen molar-refractivity contribution in [2.75, 3.05) is 27.2 Å². The number of carbonyl (C=O) groups excluding carboxylic acids is 1. The van der Waals surface area contributed by atoms with Crippen LogP contribution in [-0.4, -0.2) is 33.0 Å². The molecule has 9 heavy (non-hydrogen) atoms. The maximum absolute atomic E-state index is 10.7. The van der Waals surface area contributed by atoms with Gasteiger partial charge in [-0.15, -0.1) is 0 Å². The third kappa shape index (κ3) is 5.46. The molecule has 0 saturated carbocycles. The highest BCUT2D eigenvalue weighted by atomic mass is 16.1. The number of Topliss-reactive ketones (excluding diaryl/α,β-unsaturated/α-hetero) is 1. The number of likely N-dealkylation sites (N-methyl/N-ethyl adjacent to an activating group) is 1. The molecule has 3 nitrogen and oxygen atoms in total. The number of rotatable bonds is 5. The Balaban J connectivity index is 3.06. The fourth-order valence-corrected chi connectivity index (χ4v) is 0.550. The molecule has 3 heteroatoms. The average molecular weight is 130 g/mol. The van der Waals surface area contributed by atoms with Crippen molar-refractivity contribution in [3.8, 4) is 0 Å². The zero-order chi connectivity index (χ0) is 7.11. The van der Waals surface area contributed by atoms with E-state index in [4.69, 9.17) is 0 Å². The van der Waals surface area contributed by atoms with Crippen LogP contribution in [0.25, 0.3) is 0 Å². The minimum atomic E-state index is 0.256. The predicted octanol–water partition coefficient (Wildman–Crippen LogP) is -0.616. The van der Waals surface area contributed by atoms with Crippen molar-refractivity contribution in [2.24, 2.45) is 0 Å². The molecule has 0 saturated heterocycles. The highest BCUT2D eigenvalue weighted by Crippen LogP contribution is 1.76. The van der Waals surface area contributed by atoms with E-state index in [1.807, 2.05) is 7.05 Å². The lowest BCUT2D eigenvalue weighted by Crippen LogP contribution is -2.22. The first kappa shape index (κ1) is 8.59. The van der Waals surface area contributed by atoms with E-state index < -0.39 is 0 Å². The van der Waals surface area contributed by atoms with Crippen molar-refractivity contribution in [1.82, 2.24) is 10.6 Å². The topological polar surface area (TPSA) is 41.1 Å². The second kappa shape index (κ2) is 5.72. The van der Waals surface area contributed by atoms with Crippen molar-refractivity contribution in [1.29, 1.82) is 0 Å². The molecule has 0 heterocycles. The molecule has 0 radical (unpaired) electrons. The summed E-state index contributed by atoms with van der Waals surface area (Å²) in [5, 5.41) is 5.71. The lowest BCUT2D eigenvalue weighted by molar-refractivity contribution is -0.118. The molecule has 0 aliphatic heterocycles. The van der Waals surface area contributed by atoms with Gasteiger partial charge in [0.1, 0.15) is 5.78 Å². The van der Waals surface area contributed by atoms with E-state index in [1.165, 1.54) is 0 Å². The lowest BCUT2D eigenvalue weighted by atomic mass is 10.3. The van der Waals surface area contributed by atoms with Crippen LogP contribution < -0.4 is 10.6 Å². The smallest absolute Gasteiger partial charge is 0.147 e. The highest BCUT2D eigenvalue weighted by molar-refractivity contribution is 5.80. The Morgan fingerprint density at radius 1 is 1.33 bits per heavy atom. The molecule has 0 unspecified atom stereocenters. The maximum Gasteiger partial charge on any atom is 0.147 e. The molecule has 2 N–H and O–H groups in total. The van der Waals surface area contributed by atoms with E-state index in [1.54, 1.807) is 7.05 Å². The van der Waals surface area contributed by atoms with E-state index in [9.17, 15) is 4.79 Å². The number of carbonyl (C=O) groups is 1. The maximum atomic E-state index is 10.7. The van der Waals surface area contributed by atoms with Gasteiger partial charge in [-0.25, -0.2) is 0 Å². The second-order valence-electron chi connectivity index (χ2n) is 1.92. The van der Waals surface area contributed by atoms with Gasteiger partial charge in [-0.3, -0.25) is 4.79 Å². The van der Waals surface area contributed by atoms with E-state index in [-0.39, 0.29) is 5.78 Å². The van der Waals surface area contributed by atoms with Crippen LogP contribution in [0.1, 0.15) is 6.42 Å². The van der Waals surface area contributed by atoms with Crippen LogP contribution >= 0.6 is 0 Å². The largest absolute Gasteiger partial charge is 0.319 e. The van der Waals surface area contributed by atoms with E-state index in [2.05, 4.69) is 10.6 Å². The van der Waals surface area contributed by atoms with Gasteiger partial charge in [0.2, 0.25) is 0 Å². The van der Waals surface area contributed by atoms with Crippen molar-refractivity contribution >= 4 is 5.78 Å². The van der Waals surface area contributed by atoms with Crippen LogP contribution in [0.4, 0.5) is 0 Å². The lowest BCUT2D eigenvalue weighted by Gasteiger charge is -1.97. The van der Waals surface area contributed by atoms with E-state index >= 15 is 0 Å². The molecule has 0 fully saturated rings. The summed E-state index contributed by atoms with van der Waals surface area (Å²) < 4.78 is 0.